The number of carbonyl (C=O) groups excluding carboxylic acids is 2. The first-order chi connectivity index (χ1) is 18.5. The molecule has 2 aliphatic heterocycles. The van der Waals surface area contributed by atoms with E-state index in [4.69, 9.17) is 5.73 Å². The van der Waals surface area contributed by atoms with E-state index in [-0.39, 0.29) is 11.8 Å². The lowest BCUT2D eigenvalue weighted by Gasteiger charge is -2.37. The van der Waals surface area contributed by atoms with Crippen molar-refractivity contribution in [2.45, 2.75) is 25.8 Å². The number of nitrogen functional groups attached to an aromatic ring is 1. The van der Waals surface area contributed by atoms with Gasteiger partial charge in [0.05, 0.1) is 30.0 Å². The highest BCUT2D eigenvalue weighted by molar-refractivity contribution is 6.09. The van der Waals surface area contributed by atoms with E-state index in [0.717, 1.165) is 36.3 Å². The average Bonchev–Trinajstić information content (AvgIpc) is 3.43. The summed E-state index contributed by atoms with van der Waals surface area (Å²) < 4.78 is 0. The molecule has 0 radical (unpaired) electrons. The maximum absolute atomic E-state index is 13.7. The monoisotopic (exact) mass is 508 g/mol. The molecule has 2 amide bonds. The van der Waals surface area contributed by atoms with Crippen LogP contribution in [0.4, 0.5) is 11.4 Å². The molecule has 194 valence electrons. The van der Waals surface area contributed by atoms with E-state index >= 15 is 0 Å². The molecular formula is C30H32N6O2. The van der Waals surface area contributed by atoms with Crippen LogP contribution < -0.4 is 16.4 Å². The summed E-state index contributed by atoms with van der Waals surface area (Å²) in [6.07, 6.45) is 2.46. The second-order valence-corrected chi connectivity index (χ2v) is 9.38. The van der Waals surface area contributed by atoms with Crippen LogP contribution in [0.1, 0.15) is 34.3 Å². The fourth-order valence-electron chi connectivity index (χ4n) is 4.91. The molecule has 0 aliphatic carbocycles. The highest BCUT2D eigenvalue weighted by Crippen LogP contribution is 2.28. The first-order valence-electron chi connectivity index (χ1n) is 12.9. The van der Waals surface area contributed by atoms with Crippen molar-refractivity contribution in [2.24, 2.45) is 4.99 Å². The summed E-state index contributed by atoms with van der Waals surface area (Å²) in [5.41, 5.74) is 10.5. The van der Waals surface area contributed by atoms with Gasteiger partial charge in [-0.05, 0) is 54.7 Å². The highest BCUT2D eigenvalue weighted by Gasteiger charge is 2.38. The van der Waals surface area contributed by atoms with Gasteiger partial charge in [0.15, 0.2) is 0 Å². The molecule has 3 aromatic carbocycles. The third-order valence-corrected chi connectivity index (χ3v) is 6.86. The van der Waals surface area contributed by atoms with E-state index in [2.05, 4.69) is 32.7 Å². The molecule has 38 heavy (non-hydrogen) atoms. The Morgan fingerprint density at radius 1 is 0.947 bits per heavy atom. The molecule has 0 saturated heterocycles. The van der Waals surface area contributed by atoms with Crippen LogP contribution in [0.3, 0.4) is 0 Å². The Morgan fingerprint density at radius 2 is 1.68 bits per heavy atom. The molecular weight excluding hydrogens is 476 g/mol. The fourth-order valence-corrected chi connectivity index (χ4v) is 4.91. The molecule has 3 aromatic rings. The summed E-state index contributed by atoms with van der Waals surface area (Å²) in [4.78, 5) is 35.0. The van der Waals surface area contributed by atoms with Crippen LogP contribution in [0, 0.1) is 0 Å². The molecule has 2 aliphatic rings. The average molecular weight is 509 g/mol. The molecule has 0 bridgehead atoms. The van der Waals surface area contributed by atoms with E-state index in [9.17, 15) is 9.59 Å². The van der Waals surface area contributed by atoms with Crippen LogP contribution in [0.25, 0.3) is 0 Å². The minimum Gasteiger partial charge on any atom is -0.397 e. The number of guanidine groups is 1. The van der Waals surface area contributed by atoms with E-state index in [1.807, 2.05) is 49.5 Å². The van der Waals surface area contributed by atoms with Gasteiger partial charge < -0.3 is 16.4 Å². The molecule has 0 fully saturated rings. The summed E-state index contributed by atoms with van der Waals surface area (Å²) in [7, 11) is 1.86. The second-order valence-electron chi connectivity index (χ2n) is 9.38. The summed E-state index contributed by atoms with van der Waals surface area (Å²) in [5.74, 6) is 1.26. The van der Waals surface area contributed by atoms with Gasteiger partial charge in [-0.1, -0.05) is 54.6 Å². The van der Waals surface area contributed by atoms with Gasteiger partial charge in [0, 0.05) is 19.2 Å². The fraction of sp³-hybridized carbons (Fsp3) is 0.233. The molecule has 8 nitrogen and oxygen atoms in total. The zero-order valence-electron chi connectivity index (χ0n) is 21.5. The van der Waals surface area contributed by atoms with Crippen LogP contribution in [0.2, 0.25) is 0 Å². The Kier molecular flexibility index (Phi) is 7.40. The van der Waals surface area contributed by atoms with Crippen molar-refractivity contribution in [2.75, 3.05) is 31.2 Å². The number of nitrogens with two attached hydrogens (primary N) is 1. The molecule has 4 N–H and O–H groups in total. The Balaban J connectivity index is 1.30. The zero-order chi connectivity index (χ0) is 26.5. The normalized spacial score (nSPS) is 14.9. The van der Waals surface area contributed by atoms with Crippen LogP contribution in [0.15, 0.2) is 95.2 Å². The number of rotatable bonds is 9. The maximum atomic E-state index is 13.7. The van der Waals surface area contributed by atoms with Gasteiger partial charge in [-0.15, -0.1) is 0 Å². The molecule has 2 heterocycles. The first-order valence-corrected chi connectivity index (χ1v) is 12.9. The molecule has 0 spiro atoms. The van der Waals surface area contributed by atoms with Gasteiger partial charge in [-0.2, -0.15) is 0 Å². The number of benzene rings is 3. The standard InChI is InChI=1S/C30H32N6O2/c1-32-27-24(11-7-10-21-8-3-2-4-9-21)29(38)36(30-33-18-19-35(27)30)20-22-14-16-23(17-15-22)28(37)34-26-13-6-5-12-25(26)31/h2-6,8-9,12-17,32H,7,10-11,18-20,31H2,1H3,(H,34,37). The highest BCUT2D eigenvalue weighted by atomic mass is 16.2. The number of amides is 2. The van der Waals surface area contributed by atoms with Gasteiger partial charge in [-0.3, -0.25) is 24.4 Å². The summed E-state index contributed by atoms with van der Waals surface area (Å²) >= 11 is 0. The lowest BCUT2D eigenvalue weighted by molar-refractivity contribution is -0.125. The van der Waals surface area contributed by atoms with Crippen molar-refractivity contribution in [3.8, 4) is 0 Å². The van der Waals surface area contributed by atoms with Crippen molar-refractivity contribution in [3.63, 3.8) is 0 Å². The SMILES string of the molecule is CNC1=C(CCCc2ccccc2)C(=O)N(Cc2ccc(C(=O)Nc3ccccc3N)cc2)C2=NCCN21. The van der Waals surface area contributed by atoms with Crippen LogP contribution >= 0.6 is 0 Å². The number of aliphatic imine (C=N–C) groups is 1. The van der Waals surface area contributed by atoms with Gasteiger partial charge >= 0.3 is 0 Å². The summed E-state index contributed by atoms with van der Waals surface area (Å²) in [6, 6.07) is 24.8. The van der Waals surface area contributed by atoms with Crippen molar-refractivity contribution < 1.29 is 9.59 Å². The molecule has 0 atom stereocenters. The van der Waals surface area contributed by atoms with Gasteiger partial charge in [0.25, 0.3) is 11.8 Å². The molecule has 0 saturated carbocycles. The predicted molar refractivity (Wildman–Crippen MR) is 150 cm³/mol. The maximum Gasteiger partial charge on any atom is 0.260 e. The summed E-state index contributed by atoms with van der Waals surface area (Å²) in [6.45, 7) is 1.75. The van der Waals surface area contributed by atoms with Crippen molar-refractivity contribution in [3.05, 3.63) is 107 Å². The molecule has 8 heteroatoms. The van der Waals surface area contributed by atoms with Crippen molar-refractivity contribution in [1.29, 1.82) is 0 Å². The van der Waals surface area contributed by atoms with Crippen LogP contribution in [0.5, 0.6) is 0 Å². The number of nitrogens with zero attached hydrogens (tertiary/aromatic N) is 3. The van der Waals surface area contributed by atoms with E-state index < -0.39 is 0 Å². The van der Waals surface area contributed by atoms with Crippen molar-refractivity contribution >= 4 is 29.1 Å². The molecule has 0 unspecified atom stereocenters. The molecule has 5 rings (SSSR count). The third-order valence-electron chi connectivity index (χ3n) is 6.86. The number of aryl methyl sites for hydroxylation is 1. The number of carbonyl (C=O) groups is 2. The van der Waals surface area contributed by atoms with Gasteiger partial charge in [0.2, 0.25) is 5.96 Å². The molecule has 0 aromatic heterocycles. The summed E-state index contributed by atoms with van der Waals surface area (Å²) in [5, 5.41) is 6.10. The topological polar surface area (TPSA) is 103 Å². The predicted octanol–water partition coefficient (Wildman–Crippen LogP) is 3.99. The lowest BCUT2D eigenvalue weighted by Crippen LogP contribution is -2.52. The zero-order valence-corrected chi connectivity index (χ0v) is 21.5. The number of fused-ring (bicyclic) bond motifs is 1. The number of para-hydroxylation sites is 2. The van der Waals surface area contributed by atoms with E-state index in [1.54, 1.807) is 29.2 Å². The number of hydrogen-bond donors (Lipinski definition) is 3. The number of nitrogens with one attached hydrogen (secondary N) is 2. The van der Waals surface area contributed by atoms with E-state index in [0.29, 0.717) is 42.4 Å². The lowest BCUT2D eigenvalue weighted by atomic mass is 10.0. The minimum absolute atomic E-state index is 0.0271. The Bertz CT molecular complexity index is 1380. The van der Waals surface area contributed by atoms with Crippen molar-refractivity contribution in [1.82, 2.24) is 15.1 Å². The van der Waals surface area contributed by atoms with Crippen LogP contribution in [-0.4, -0.2) is 47.7 Å². The van der Waals surface area contributed by atoms with Gasteiger partial charge in [0.1, 0.15) is 5.82 Å². The Labute approximate surface area is 222 Å². The minimum atomic E-state index is -0.239. The van der Waals surface area contributed by atoms with E-state index in [1.165, 1.54) is 5.56 Å². The smallest absolute Gasteiger partial charge is 0.260 e. The largest absolute Gasteiger partial charge is 0.397 e. The third kappa shape index (κ3) is 5.25. The quantitative estimate of drug-likeness (QED) is 0.379. The van der Waals surface area contributed by atoms with Crippen LogP contribution in [-0.2, 0) is 17.8 Å². The Morgan fingerprint density at radius 3 is 2.42 bits per heavy atom. The Hall–Kier alpha value is -4.59. The number of hydrogen-bond acceptors (Lipinski definition) is 6. The van der Waals surface area contributed by atoms with Gasteiger partial charge in [-0.25, -0.2) is 0 Å². The number of anilines is 2. The second kappa shape index (κ2) is 11.2. The first kappa shape index (κ1) is 25.1.